The number of carbonyl (C=O) groups excluding carboxylic acids is 1. The van der Waals surface area contributed by atoms with Crippen LogP contribution in [-0.4, -0.2) is 48.1 Å². The largest absolute Gasteiger partial charge is 0.492 e. The summed E-state index contributed by atoms with van der Waals surface area (Å²) in [5.41, 5.74) is 6.80. The van der Waals surface area contributed by atoms with Crippen LogP contribution in [0.15, 0.2) is 30.5 Å². The van der Waals surface area contributed by atoms with Crippen molar-refractivity contribution in [3.05, 3.63) is 46.6 Å². The summed E-state index contributed by atoms with van der Waals surface area (Å²) in [7, 11) is 0. The number of anilines is 1. The van der Waals surface area contributed by atoms with E-state index < -0.39 is 5.91 Å². The number of likely N-dealkylation sites (tertiary alicyclic amines) is 1. The molecule has 1 aromatic carbocycles. The first-order valence-corrected chi connectivity index (χ1v) is 10.7. The van der Waals surface area contributed by atoms with Gasteiger partial charge < -0.3 is 20.5 Å². The molecule has 0 spiro atoms. The third-order valence-corrected chi connectivity index (χ3v) is 5.43. The highest BCUT2D eigenvalue weighted by Crippen LogP contribution is 2.36. The number of amides is 1. The smallest absolute Gasteiger partial charge is 0.250 e. The molecule has 30 heavy (non-hydrogen) atoms. The summed E-state index contributed by atoms with van der Waals surface area (Å²) >= 11 is 6.40. The Bertz CT molecular complexity index is 825. The lowest BCUT2D eigenvalue weighted by Crippen LogP contribution is -2.38. The van der Waals surface area contributed by atoms with Crippen LogP contribution in [0.2, 0.25) is 5.02 Å². The Balaban J connectivity index is 1.57. The van der Waals surface area contributed by atoms with Crippen molar-refractivity contribution in [2.75, 3.05) is 31.6 Å². The molecule has 1 aromatic heterocycles. The molecule has 8 heteroatoms. The van der Waals surface area contributed by atoms with Gasteiger partial charge in [-0.05, 0) is 56.5 Å². The van der Waals surface area contributed by atoms with Gasteiger partial charge in [0, 0.05) is 31.9 Å². The van der Waals surface area contributed by atoms with E-state index in [1.54, 1.807) is 12.1 Å². The quantitative estimate of drug-likeness (QED) is 0.627. The maximum atomic E-state index is 11.2. The van der Waals surface area contributed by atoms with Gasteiger partial charge in [0.05, 0.1) is 18.8 Å². The van der Waals surface area contributed by atoms with E-state index in [2.05, 4.69) is 15.2 Å². The first-order chi connectivity index (χ1) is 14.5. The number of halogens is 1. The molecule has 0 bridgehead atoms. The number of pyridine rings is 1. The third kappa shape index (κ3) is 5.77. The van der Waals surface area contributed by atoms with Crippen LogP contribution in [0, 0.1) is 0 Å². The van der Waals surface area contributed by atoms with Crippen LogP contribution in [0.5, 0.6) is 11.5 Å². The molecule has 2 heterocycles. The molecule has 3 rings (SSSR count). The number of nitrogens with two attached hydrogens (primary N) is 1. The minimum absolute atomic E-state index is 0.344. The number of benzene rings is 1. The minimum Gasteiger partial charge on any atom is -0.492 e. The Labute approximate surface area is 182 Å². The molecular weight excluding hydrogens is 404 g/mol. The van der Waals surface area contributed by atoms with E-state index in [1.807, 2.05) is 26.0 Å². The lowest BCUT2D eigenvalue weighted by Gasteiger charge is -2.32. The van der Waals surface area contributed by atoms with E-state index in [1.165, 1.54) is 6.20 Å². The van der Waals surface area contributed by atoms with Gasteiger partial charge in [-0.1, -0.05) is 11.6 Å². The summed E-state index contributed by atoms with van der Waals surface area (Å²) in [6, 6.07) is 7.84. The second-order valence-corrected chi connectivity index (χ2v) is 7.64. The van der Waals surface area contributed by atoms with E-state index in [4.69, 9.17) is 26.8 Å². The molecule has 1 aliphatic heterocycles. The van der Waals surface area contributed by atoms with Gasteiger partial charge in [0.2, 0.25) is 5.91 Å². The topological polar surface area (TPSA) is 89.7 Å². The van der Waals surface area contributed by atoms with E-state index in [9.17, 15) is 4.79 Å². The maximum Gasteiger partial charge on any atom is 0.250 e. The van der Waals surface area contributed by atoms with Crippen LogP contribution in [0.25, 0.3) is 0 Å². The van der Waals surface area contributed by atoms with E-state index in [0.29, 0.717) is 41.3 Å². The number of hydrogen-bond donors (Lipinski definition) is 2. The van der Waals surface area contributed by atoms with Crippen molar-refractivity contribution >= 4 is 23.3 Å². The molecule has 0 radical (unpaired) electrons. The highest BCUT2D eigenvalue weighted by Gasteiger charge is 2.21. The zero-order valence-electron chi connectivity index (χ0n) is 17.5. The summed E-state index contributed by atoms with van der Waals surface area (Å²) in [5, 5.41) is 3.97. The molecule has 7 nitrogen and oxygen atoms in total. The predicted octanol–water partition coefficient (Wildman–Crippen LogP) is 3.71. The van der Waals surface area contributed by atoms with Crippen LogP contribution < -0.4 is 20.5 Å². The van der Waals surface area contributed by atoms with Gasteiger partial charge in [-0.15, -0.1) is 0 Å². The van der Waals surface area contributed by atoms with Gasteiger partial charge in [-0.2, -0.15) is 0 Å². The van der Waals surface area contributed by atoms with Crippen molar-refractivity contribution < 1.29 is 14.3 Å². The fraction of sp³-hybridized carbons (Fsp3) is 0.455. The highest BCUT2D eigenvalue weighted by molar-refractivity contribution is 6.33. The van der Waals surface area contributed by atoms with Crippen LogP contribution in [0.3, 0.4) is 0 Å². The number of piperidine rings is 1. The Morgan fingerprint density at radius 1 is 1.20 bits per heavy atom. The zero-order valence-corrected chi connectivity index (χ0v) is 18.2. The van der Waals surface area contributed by atoms with Crippen molar-refractivity contribution in [1.29, 1.82) is 0 Å². The highest BCUT2D eigenvalue weighted by atomic mass is 35.5. The Hall–Kier alpha value is -2.51. The zero-order chi connectivity index (χ0) is 21.5. The number of hydrogen-bond acceptors (Lipinski definition) is 6. The Kier molecular flexibility index (Phi) is 7.76. The molecule has 2 aromatic rings. The van der Waals surface area contributed by atoms with Crippen molar-refractivity contribution in [1.82, 2.24) is 9.88 Å². The van der Waals surface area contributed by atoms with Crippen LogP contribution >= 0.6 is 11.6 Å². The lowest BCUT2D eigenvalue weighted by atomic mass is 10.0. The number of nitrogens with one attached hydrogen (secondary N) is 1. The fourth-order valence-electron chi connectivity index (χ4n) is 3.57. The van der Waals surface area contributed by atoms with Crippen LogP contribution in [0.4, 0.5) is 5.82 Å². The molecule has 1 amide bonds. The summed E-state index contributed by atoms with van der Waals surface area (Å²) in [6.07, 6.45) is 3.51. The van der Waals surface area contributed by atoms with Crippen molar-refractivity contribution in [2.24, 2.45) is 5.73 Å². The molecule has 1 saturated heterocycles. The molecule has 3 N–H and O–H groups in total. The van der Waals surface area contributed by atoms with Crippen molar-refractivity contribution in [3.8, 4) is 11.5 Å². The van der Waals surface area contributed by atoms with E-state index in [0.717, 1.165) is 43.9 Å². The second-order valence-electron chi connectivity index (χ2n) is 7.26. The SMILES string of the molecule is CCOc1cc(CN2CCC(Nc3ccc(C(N)=O)cn3)CC2)cc(OCC)c1Cl. The molecule has 0 saturated carbocycles. The van der Waals surface area contributed by atoms with Gasteiger partial charge in [0.1, 0.15) is 22.3 Å². The normalized spacial score (nSPS) is 15.0. The fourth-order valence-corrected chi connectivity index (χ4v) is 3.78. The monoisotopic (exact) mass is 432 g/mol. The number of carbonyl (C=O) groups is 1. The first-order valence-electron chi connectivity index (χ1n) is 10.3. The molecule has 1 aliphatic rings. The van der Waals surface area contributed by atoms with E-state index >= 15 is 0 Å². The summed E-state index contributed by atoms with van der Waals surface area (Å²) in [6.45, 7) is 7.74. The van der Waals surface area contributed by atoms with Crippen LogP contribution in [0.1, 0.15) is 42.6 Å². The third-order valence-electron chi connectivity index (χ3n) is 5.06. The van der Waals surface area contributed by atoms with Crippen molar-refractivity contribution in [2.45, 2.75) is 39.3 Å². The van der Waals surface area contributed by atoms with Crippen LogP contribution in [-0.2, 0) is 6.54 Å². The van der Waals surface area contributed by atoms with Gasteiger partial charge in [0.15, 0.2) is 0 Å². The standard InChI is InChI=1S/C22H29ClN4O3/c1-3-29-18-11-15(12-19(21(18)23)30-4-2)14-27-9-7-17(8-10-27)26-20-6-5-16(13-25-20)22(24)28/h5-6,11-13,17H,3-4,7-10,14H2,1-2H3,(H2,24,28)(H,25,26). The average molecular weight is 433 g/mol. The second kappa shape index (κ2) is 10.5. The number of primary amides is 1. The van der Waals surface area contributed by atoms with Gasteiger partial charge in [-0.25, -0.2) is 4.98 Å². The summed E-state index contributed by atoms with van der Waals surface area (Å²) in [4.78, 5) is 17.8. The predicted molar refractivity (Wildman–Crippen MR) is 118 cm³/mol. The Morgan fingerprint density at radius 2 is 1.83 bits per heavy atom. The lowest BCUT2D eigenvalue weighted by molar-refractivity contribution is 0.1000. The summed E-state index contributed by atoms with van der Waals surface area (Å²) in [5.74, 6) is 1.63. The number of ether oxygens (including phenoxy) is 2. The number of aromatic nitrogens is 1. The molecule has 1 fully saturated rings. The number of rotatable bonds is 9. The molecule has 0 unspecified atom stereocenters. The van der Waals surface area contributed by atoms with E-state index in [-0.39, 0.29) is 0 Å². The summed E-state index contributed by atoms with van der Waals surface area (Å²) < 4.78 is 11.4. The van der Waals surface area contributed by atoms with Gasteiger partial charge in [0.25, 0.3) is 0 Å². The molecule has 162 valence electrons. The molecule has 0 atom stereocenters. The minimum atomic E-state index is -0.468. The molecule has 0 aliphatic carbocycles. The van der Waals surface area contributed by atoms with Gasteiger partial charge >= 0.3 is 0 Å². The number of nitrogens with zero attached hydrogens (tertiary/aromatic N) is 2. The molecular formula is C22H29ClN4O3. The van der Waals surface area contributed by atoms with Gasteiger partial charge in [-0.3, -0.25) is 9.69 Å². The maximum absolute atomic E-state index is 11.2. The first kappa shape index (κ1) is 22.2. The average Bonchev–Trinajstić information content (AvgIpc) is 2.73. The Morgan fingerprint density at radius 3 is 2.33 bits per heavy atom. The van der Waals surface area contributed by atoms with Crippen molar-refractivity contribution in [3.63, 3.8) is 0 Å².